The van der Waals surface area contributed by atoms with Gasteiger partial charge in [-0.1, -0.05) is 70.4 Å². The maximum Gasteiger partial charge on any atom is 0.266 e. The fourth-order valence-corrected chi connectivity index (χ4v) is 3.12. The Balaban J connectivity index is 0. The fraction of sp³-hybridized carbons (Fsp3) is 0.850. The van der Waals surface area contributed by atoms with Crippen LogP contribution >= 0.6 is 0 Å². The summed E-state index contributed by atoms with van der Waals surface area (Å²) in [6, 6.07) is 0. The molecule has 0 saturated carbocycles. The van der Waals surface area contributed by atoms with Crippen LogP contribution in [-0.4, -0.2) is 60.7 Å². The molecule has 0 rings (SSSR count). The molecule has 155 valence electrons. The first-order chi connectivity index (χ1) is 12.5. The van der Waals surface area contributed by atoms with E-state index in [1.165, 1.54) is 57.8 Å². The summed E-state index contributed by atoms with van der Waals surface area (Å²) in [6.45, 7) is 2.22. The van der Waals surface area contributed by atoms with E-state index in [0.717, 1.165) is 25.7 Å². The number of hydrogen-bond donors (Lipinski definition) is 2. The molecule has 0 aromatic carbocycles. The van der Waals surface area contributed by atoms with Gasteiger partial charge in [0.2, 0.25) is 5.91 Å². The van der Waals surface area contributed by atoms with Gasteiger partial charge in [0.05, 0.1) is 5.75 Å². The Labute approximate surface area is 189 Å². The van der Waals surface area contributed by atoms with E-state index in [4.69, 9.17) is 4.55 Å². The SMILES string of the molecule is CCCCCCCC/C=C\CCCCCCCC(=O)NCCS(=O)(=O)O.[Na]. The number of carbonyl (C=O) groups is 1. The van der Waals surface area contributed by atoms with Crippen molar-refractivity contribution in [3.8, 4) is 0 Å². The molecule has 0 aromatic heterocycles. The minimum Gasteiger partial charge on any atom is -0.355 e. The van der Waals surface area contributed by atoms with Gasteiger partial charge in [-0.2, -0.15) is 8.42 Å². The van der Waals surface area contributed by atoms with Crippen molar-refractivity contribution in [1.29, 1.82) is 0 Å². The van der Waals surface area contributed by atoms with E-state index in [1.54, 1.807) is 0 Å². The molecule has 0 unspecified atom stereocenters. The summed E-state index contributed by atoms with van der Waals surface area (Å²) >= 11 is 0. The van der Waals surface area contributed by atoms with Gasteiger partial charge >= 0.3 is 0 Å². The predicted molar refractivity (Wildman–Crippen MR) is 115 cm³/mol. The molecular formula is C20H39NNaO4S. The maximum absolute atomic E-state index is 11.5. The molecule has 1 radical (unpaired) electrons. The normalized spacial score (nSPS) is 11.5. The first kappa shape index (κ1) is 29.3. The maximum atomic E-state index is 11.5. The van der Waals surface area contributed by atoms with Crippen LogP contribution in [0.4, 0.5) is 0 Å². The molecule has 27 heavy (non-hydrogen) atoms. The second kappa shape index (κ2) is 20.8. The Kier molecular flexibility index (Phi) is 22.6. The Morgan fingerprint density at radius 3 is 1.85 bits per heavy atom. The van der Waals surface area contributed by atoms with Crippen LogP contribution in [0.25, 0.3) is 0 Å². The van der Waals surface area contributed by atoms with Crippen molar-refractivity contribution in [3.05, 3.63) is 12.2 Å². The smallest absolute Gasteiger partial charge is 0.266 e. The molecule has 7 heteroatoms. The van der Waals surface area contributed by atoms with E-state index in [0.29, 0.717) is 6.42 Å². The second-order valence-electron chi connectivity index (χ2n) is 6.97. The van der Waals surface area contributed by atoms with Gasteiger partial charge in [-0.05, 0) is 32.1 Å². The molecule has 2 N–H and O–H groups in total. The molecule has 5 nitrogen and oxygen atoms in total. The van der Waals surface area contributed by atoms with Crippen molar-refractivity contribution < 1.29 is 17.8 Å². The first-order valence-corrected chi connectivity index (χ1v) is 11.9. The predicted octanol–water partition coefficient (Wildman–Crippen LogP) is 4.65. The number of carbonyl (C=O) groups excluding carboxylic acids is 1. The van der Waals surface area contributed by atoms with Crippen molar-refractivity contribution in [3.63, 3.8) is 0 Å². The fourth-order valence-electron chi connectivity index (χ4n) is 2.76. The van der Waals surface area contributed by atoms with E-state index in [2.05, 4.69) is 24.4 Å². The topological polar surface area (TPSA) is 83.5 Å². The Bertz CT molecular complexity index is 467. The summed E-state index contributed by atoms with van der Waals surface area (Å²) < 4.78 is 29.6. The van der Waals surface area contributed by atoms with Crippen LogP contribution in [0.3, 0.4) is 0 Å². The van der Waals surface area contributed by atoms with E-state index < -0.39 is 15.9 Å². The molecule has 0 bridgehead atoms. The number of rotatable bonds is 18. The summed E-state index contributed by atoms with van der Waals surface area (Å²) in [5.41, 5.74) is 0. The van der Waals surface area contributed by atoms with Crippen LogP contribution in [0, 0.1) is 0 Å². The van der Waals surface area contributed by atoms with Crippen LogP contribution in [0.1, 0.15) is 96.8 Å². The molecule has 0 aliphatic carbocycles. The third-order valence-electron chi connectivity index (χ3n) is 4.35. The average molecular weight is 413 g/mol. The standard InChI is InChI=1S/C20H39NO4S.Na/c1-2-3-4-5-6-7-8-9-10-11-12-13-14-15-16-17-20(22)21-18-19-26(23,24)25;/h9-10H,2-8,11-19H2,1H3,(H,21,22)(H,23,24,25);/b10-9-;. The molecule has 0 atom stereocenters. The van der Waals surface area contributed by atoms with E-state index in [1.807, 2.05) is 0 Å². The Hall–Kier alpha value is 0.120. The van der Waals surface area contributed by atoms with E-state index in [9.17, 15) is 13.2 Å². The molecule has 0 aromatic rings. The molecule has 1 amide bonds. The van der Waals surface area contributed by atoms with Crippen LogP contribution in [0.5, 0.6) is 0 Å². The summed E-state index contributed by atoms with van der Waals surface area (Å²) in [6.07, 6.45) is 20.9. The van der Waals surface area contributed by atoms with Gasteiger partial charge in [-0.15, -0.1) is 0 Å². The zero-order valence-corrected chi connectivity index (χ0v) is 20.4. The van der Waals surface area contributed by atoms with Crippen molar-refractivity contribution in [1.82, 2.24) is 5.32 Å². The van der Waals surface area contributed by atoms with Gasteiger partial charge in [0.25, 0.3) is 10.1 Å². The molecular weight excluding hydrogens is 373 g/mol. The molecule has 0 heterocycles. The Morgan fingerprint density at radius 2 is 1.33 bits per heavy atom. The van der Waals surface area contributed by atoms with Crippen LogP contribution < -0.4 is 5.32 Å². The van der Waals surface area contributed by atoms with Gasteiger partial charge in [-0.3, -0.25) is 9.35 Å². The number of amides is 1. The molecule has 0 spiro atoms. The molecule has 0 saturated heterocycles. The number of unbranched alkanes of at least 4 members (excludes halogenated alkanes) is 11. The second-order valence-corrected chi connectivity index (χ2v) is 8.54. The molecule has 0 aliphatic rings. The van der Waals surface area contributed by atoms with Crippen molar-refractivity contribution in [2.45, 2.75) is 96.8 Å². The van der Waals surface area contributed by atoms with Gasteiger partial charge in [-0.25, -0.2) is 0 Å². The zero-order chi connectivity index (χ0) is 19.5. The Morgan fingerprint density at radius 1 is 0.852 bits per heavy atom. The number of nitrogens with one attached hydrogen (secondary N) is 1. The minimum absolute atomic E-state index is 0. The van der Waals surface area contributed by atoms with Crippen molar-refractivity contribution in [2.24, 2.45) is 0 Å². The monoisotopic (exact) mass is 412 g/mol. The van der Waals surface area contributed by atoms with Crippen molar-refractivity contribution >= 4 is 45.6 Å². The number of allylic oxidation sites excluding steroid dienone is 2. The van der Waals surface area contributed by atoms with Crippen LogP contribution in [0.15, 0.2) is 12.2 Å². The third-order valence-corrected chi connectivity index (χ3v) is 5.07. The van der Waals surface area contributed by atoms with E-state index in [-0.39, 0.29) is 42.0 Å². The van der Waals surface area contributed by atoms with Gasteiger partial charge in [0, 0.05) is 42.5 Å². The summed E-state index contributed by atoms with van der Waals surface area (Å²) in [4.78, 5) is 11.5. The van der Waals surface area contributed by atoms with Crippen molar-refractivity contribution in [2.75, 3.05) is 12.3 Å². The van der Waals surface area contributed by atoms with Gasteiger partial charge in [0.1, 0.15) is 0 Å². The molecule has 0 fully saturated rings. The zero-order valence-electron chi connectivity index (χ0n) is 17.5. The summed E-state index contributed by atoms with van der Waals surface area (Å²) in [5.74, 6) is -0.572. The van der Waals surface area contributed by atoms with Crippen LogP contribution in [0.2, 0.25) is 0 Å². The summed E-state index contributed by atoms with van der Waals surface area (Å²) in [5, 5.41) is 2.50. The summed E-state index contributed by atoms with van der Waals surface area (Å²) in [7, 11) is -3.99. The molecule has 0 aliphatic heterocycles. The van der Waals surface area contributed by atoms with Gasteiger partial charge < -0.3 is 5.32 Å². The minimum atomic E-state index is -3.99. The third kappa shape index (κ3) is 26.1. The average Bonchev–Trinajstić information content (AvgIpc) is 2.57. The van der Waals surface area contributed by atoms with Crippen LogP contribution in [-0.2, 0) is 14.9 Å². The van der Waals surface area contributed by atoms with E-state index >= 15 is 0 Å². The number of hydrogen-bond acceptors (Lipinski definition) is 3. The quantitative estimate of drug-likeness (QED) is 0.149. The van der Waals surface area contributed by atoms with Gasteiger partial charge in [0.15, 0.2) is 0 Å². The first-order valence-electron chi connectivity index (χ1n) is 10.3. The largest absolute Gasteiger partial charge is 0.355 e.